The van der Waals surface area contributed by atoms with Crippen LogP contribution in [0.4, 0.5) is 4.79 Å². The molecule has 1 fully saturated rings. The average molecular weight is 546 g/mol. The van der Waals surface area contributed by atoms with Crippen LogP contribution in [0.15, 0.2) is 34.6 Å². The van der Waals surface area contributed by atoms with E-state index in [1.54, 1.807) is 21.3 Å². The van der Waals surface area contributed by atoms with Crippen molar-refractivity contribution < 1.29 is 42.9 Å². The zero-order valence-corrected chi connectivity index (χ0v) is 24.1. The van der Waals surface area contributed by atoms with Crippen LogP contribution in [0.2, 0.25) is 0 Å². The molecule has 1 aromatic carbocycles. The third-order valence-corrected chi connectivity index (χ3v) is 6.98. The number of hydrogen-bond donors (Lipinski definition) is 0. The molecule has 1 amide bonds. The molecule has 0 spiro atoms. The van der Waals surface area contributed by atoms with Crippen LogP contribution in [0.5, 0.6) is 11.5 Å². The number of rotatable bonds is 9. The van der Waals surface area contributed by atoms with Crippen molar-refractivity contribution in [3.8, 4) is 11.5 Å². The lowest BCUT2D eigenvalue weighted by atomic mass is 10.0. The predicted molar refractivity (Wildman–Crippen MR) is 141 cm³/mol. The van der Waals surface area contributed by atoms with Crippen molar-refractivity contribution >= 4 is 17.5 Å². The Labute approximate surface area is 229 Å². The molecule has 4 rings (SSSR count). The Hall–Kier alpha value is -3.12. The van der Waals surface area contributed by atoms with Gasteiger partial charge in [0.2, 0.25) is 5.70 Å². The van der Waals surface area contributed by atoms with Gasteiger partial charge in [-0.05, 0) is 44.9 Å². The van der Waals surface area contributed by atoms with Gasteiger partial charge in [-0.25, -0.2) is 0 Å². The molecule has 1 unspecified atom stereocenters. The van der Waals surface area contributed by atoms with E-state index in [1.165, 1.54) is 4.90 Å². The van der Waals surface area contributed by atoms with Gasteiger partial charge in [-0.15, -0.1) is 0 Å². The maximum atomic E-state index is 12.6. The van der Waals surface area contributed by atoms with Gasteiger partial charge < -0.3 is 43.2 Å². The number of carboxylic acid groups (broad SMARTS) is 1. The van der Waals surface area contributed by atoms with Crippen molar-refractivity contribution in [2.75, 3.05) is 47.9 Å². The fourth-order valence-corrected chi connectivity index (χ4v) is 5.53. The second kappa shape index (κ2) is 11.2. The number of ether oxygens (including phenoxy) is 6. The van der Waals surface area contributed by atoms with Gasteiger partial charge in [-0.1, -0.05) is 16.6 Å². The van der Waals surface area contributed by atoms with E-state index in [1.807, 2.05) is 46.8 Å². The quantitative estimate of drug-likeness (QED) is 0.434. The summed E-state index contributed by atoms with van der Waals surface area (Å²) in [5, 5.41) is 17.8. The molecule has 0 N–H and O–H groups in total. The topological polar surface area (TPSA) is 111 Å². The Morgan fingerprint density at radius 3 is 2.26 bits per heavy atom. The number of fused-ring (bicyclic) bond motifs is 1. The van der Waals surface area contributed by atoms with Crippen LogP contribution in [0, 0.1) is 5.92 Å². The first-order valence-corrected chi connectivity index (χ1v) is 13.0. The SMILES string of the molecule is CCC1=N[N+]2(CC3COCOC3)C(=C1N(C(=O)[O-])C(C)(C)C)OC(C)=C2c1c(OC)cc(COC)cc1OC. The molecule has 1 saturated heterocycles. The molecule has 1 aromatic rings. The molecule has 0 aliphatic carbocycles. The molecule has 3 aliphatic heterocycles. The number of benzene rings is 1. The minimum atomic E-state index is -1.33. The largest absolute Gasteiger partial charge is 0.530 e. The highest BCUT2D eigenvalue weighted by atomic mass is 16.7. The minimum absolute atomic E-state index is 0.0461. The molecule has 39 heavy (non-hydrogen) atoms. The molecule has 0 aromatic heterocycles. The van der Waals surface area contributed by atoms with E-state index in [4.69, 9.17) is 33.5 Å². The fraction of sp³-hybridized carbons (Fsp3) is 0.571. The van der Waals surface area contributed by atoms with Gasteiger partial charge in [0.1, 0.15) is 42.2 Å². The third kappa shape index (κ3) is 5.11. The van der Waals surface area contributed by atoms with Crippen molar-refractivity contribution in [3.05, 3.63) is 40.6 Å². The van der Waals surface area contributed by atoms with Gasteiger partial charge >= 0.3 is 5.88 Å². The van der Waals surface area contributed by atoms with Crippen LogP contribution in [0.3, 0.4) is 0 Å². The fourth-order valence-electron chi connectivity index (χ4n) is 5.53. The van der Waals surface area contributed by atoms with E-state index in [2.05, 4.69) is 0 Å². The normalized spacial score (nSPS) is 21.6. The van der Waals surface area contributed by atoms with E-state index in [0.717, 1.165) is 5.56 Å². The number of allylic oxidation sites excluding steroid dienone is 2. The Kier molecular flexibility index (Phi) is 8.27. The molecule has 1 atom stereocenters. The van der Waals surface area contributed by atoms with Gasteiger partial charge in [0.05, 0.1) is 40.0 Å². The monoisotopic (exact) mass is 545 g/mol. The average Bonchev–Trinajstić information content (AvgIpc) is 3.31. The summed E-state index contributed by atoms with van der Waals surface area (Å²) >= 11 is 0. The number of carbonyl (C=O) groups excluding carboxylic acids is 1. The molecule has 0 saturated carbocycles. The van der Waals surface area contributed by atoms with Crippen molar-refractivity contribution in [1.29, 1.82) is 0 Å². The third-order valence-electron chi connectivity index (χ3n) is 6.98. The highest BCUT2D eigenvalue weighted by Gasteiger charge is 2.59. The van der Waals surface area contributed by atoms with Crippen molar-refractivity contribution in [2.24, 2.45) is 11.0 Å². The second-order valence-corrected chi connectivity index (χ2v) is 10.8. The van der Waals surface area contributed by atoms with Crippen molar-refractivity contribution in [1.82, 2.24) is 4.90 Å². The Bertz CT molecular complexity index is 1180. The zero-order valence-electron chi connectivity index (χ0n) is 24.1. The van der Waals surface area contributed by atoms with Gasteiger partial charge in [0.15, 0.2) is 11.5 Å². The van der Waals surface area contributed by atoms with Crippen LogP contribution in [0.25, 0.3) is 5.70 Å². The number of quaternary nitrogens is 1. The number of carbonyl (C=O) groups is 1. The van der Waals surface area contributed by atoms with E-state index < -0.39 is 11.6 Å². The molecule has 11 nitrogen and oxygen atoms in total. The first-order valence-electron chi connectivity index (χ1n) is 13.0. The molecule has 214 valence electrons. The maximum absolute atomic E-state index is 12.6. The summed E-state index contributed by atoms with van der Waals surface area (Å²) in [6, 6.07) is 3.80. The zero-order chi connectivity index (χ0) is 28.5. The van der Waals surface area contributed by atoms with Gasteiger partial charge in [-0.3, -0.25) is 0 Å². The Morgan fingerprint density at radius 2 is 1.77 bits per heavy atom. The summed E-state index contributed by atoms with van der Waals surface area (Å²) in [6.07, 6.45) is -0.850. The summed E-state index contributed by atoms with van der Waals surface area (Å²) in [7, 11) is 4.82. The molecular weight excluding hydrogens is 506 g/mol. The standard InChI is InChI=1S/C28H39N3O8/c1-9-20-24(30(27(32)33)28(3,4)5)26-31(29-20,12-19-14-37-16-38-15-19)25(17(2)39-26)23-21(35-7)10-18(13-34-6)11-22(23)36-8/h10-11,19H,9,12-16H2,1-8H3. The first kappa shape index (κ1) is 28.9. The van der Waals surface area contributed by atoms with Gasteiger partial charge in [0.25, 0.3) is 0 Å². The number of hydrogen-bond acceptors (Lipinski definition) is 9. The van der Waals surface area contributed by atoms with Crippen LogP contribution in [-0.2, 0) is 25.6 Å². The predicted octanol–water partition coefficient (Wildman–Crippen LogP) is 3.40. The van der Waals surface area contributed by atoms with Crippen LogP contribution < -0.4 is 14.6 Å². The highest BCUT2D eigenvalue weighted by molar-refractivity contribution is 6.03. The highest BCUT2D eigenvalue weighted by Crippen LogP contribution is 2.54. The van der Waals surface area contributed by atoms with Crippen molar-refractivity contribution in [3.63, 3.8) is 0 Å². The Morgan fingerprint density at radius 1 is 1.15 bits per heavy atom. The van der Waals surface area contributed by atoms with Gasteiger partial charge in [-0.2, -0.15) is 0 Å². The first-order chi connectivity index (χ1) is 18.5. The summed E-state index contributed by atoms with van der Waals surface area (Å²) in [6.45, 7) is 11.2. The molecule has 0 radical (unpaired) electrons. The maximum Gasteiger partial charge on any atom is 0.356 e. The lowest BCUT2D eigenvalue weighted by Crippen LogP contribution is -2.52. The summed E-state index contributed by atoms with van der Waals surface area (Å²) in [5.74, 6) is 2.03. The molecular formula is C28H39N3O8. The summed E-state index contributed by atoms with van der Waals surface area (Å²) in [5.41, 5.74) is 2.42. The van der Waals surface area contributed by atoms with Crippen LogP contribution in [0.1, 0.15) is 52.2 Å². The minimum Gasteiger partial charge on any atom is -0.530 e. The summed E-state index contributed by atoms with van der Waals surface area (Å²) < 4.78 is 34.8. The van der Waals surface area contributed by atoms with E-state index in [-0.39, 0.29) is 17.3 Å². The van der Waals surface area contributed by atoms with E-state index in [0.29, 0.717) is 78.6 Å². The van der Waals surface area contributed by atoms with E-state index in [9.17, 15) is 9.90 Å². The van der Waals surface area contributed by atoms with Crippen LogP contribution >= 0.6 is 0 Å². The molecule has 11 heteroatoms. The lowest BCUT2D eigenvalue weighted by Gasteiger charge is -2.38. The summed E-state index contributed by atoms with van der Waals surface area (Å²) in [4.78, 5) is 13.8. The molecule has 0 bridgehead atoms. The van der Waals surface area contributed by atoms with Crippen molar-refractivity contribution in [2.45, 2.75) is 53.2 Å². The Balaban J connectivity index is 2.02. The number of amides is 1. The lowest BCUT2D eigenvalue weighted by molar-refractivity contribution is -0.837. The van der Waals surface area contributed by atoms with Crippen LogP contribution in [-0.4, -0.2) is 74.7 Å². The smallest absolute Gasteiger partial charge is 0.356 e. The second-order valence-electron chi connectivity index (χ2n) is 10.8. The number of nitrogens with zero attached hydrogens (tertiary/aromatic N) is 3. The number of methoxy groups -OCH3 is 3. The van der Waals surface area contributed by atoms with E-state index >= 15 is 0 Å². The molecule has 3 heterocycles. The van der Waals surface area contributed by atoms with Gasteiger partial charge in [0, 0.05) is 19.6 Å². The molecule has 3 aliphatic rings.